The molecule has 0 aliphatic carbocycles. The summed E-state index contributed by atoms with van der Waals surface area (Å²) in [5.74, 6) is -0.445. The van der Waals surface area contributed by atoms with E-state index in [2.05, 4.69) is 27.3 Å². The van der Waals surface area contributed by atoms with Gasteiger partial charge in [-0.25, -0.2) is 0 Å². The number of carbonyl (C=O) groups is 2. The summed E-state index contributed by atoms with van der Waals surface area (Å²) in [6.07, 6.45) is 0.431. The summed E-state index contributed by atoms with van der Waals surface area (Å²) in [5, 5.41) is 0. The fourth-order valence-electron chi connectivity index (χ4n) is 0.702. The molecule has 70 valence electrons. The van der Waals surface area contributed by atoms with Crippen LogP contribution in [0.5, 0.6) is 0 Å². The van der Waals surface area contributed by atoms with E-state index in [9.17, 15) is 9.59 Å². The highest BCUT2D eigenvalue weighted by molar-refractivity contribution is 14.1. The molecule has 0 bridgehead atoms. The minimum Gasteiger partial charge on any atom is -0.458 e. The maximum Gasteiger partial charge on any atom is 0.303 e. The van der Waals surface area contributed by atoms with Crippen molar-refractivity contribution in [3.8, 4) is 0 Å². The van der Waals surface area contributed by atoms with Gasteiger partial charge >= 0.3 is 5.97 Å². The Balaban J connectivity index is 3.68. The molecule has 0 rings (SSSR count). The predicted octanol–water partition coefficient (Wildman–Crippen LogP) is 1.72. The smallest absolute Gasteiger partial charge is 0.303 e. The van der Waals surface area contributed by atoms with Crippen molar-refractivity contribution in [3.63, 3.8) is 0 Å². The van der Waals surface area contributed by atoms with E-state index in [1.807, 2.05) is 13.8 Å². The minimum atomic E-state index is -0.408. The van der Waals surface area contributed by atoms with Crippen molar-refractivity contribution in [1.29, 1.82) is 0 Å². The molecule has 0 aliphatic heterocycles. The monoisotopic (exact) mass is 284 g/mol. The van der Waals surface area contributed by atoms with E-state index in [1.165, 1.54) is 6.92 Å². The molecular formula is C8H13IO3. The summed E-state index contributed by atoms with van der Waals surface area (Å²) >= 11 is 2.19. The van der Waals surface area contributed by atoms with Crippen LogP contribution in [0, 0.1) is 0 Å². The second kappa shape index (κ2) is 4.79. The summed E-state index contributed by atoms with van der Waals surface area (Å²) < 4.78 is 4.50. The molecule has 0 heterocycles. The van der Waals surface area contributed by atoms with Crippen molar-refractivity contribution in [3.05, 3.63) is 0 Å². The van der Waals surface area contributed by atoms with Crippen LogP contribution in [0.15, 0.2) is 0 Å². The summed E-state index contributed by atoms with van der Waals surface area (Å²) in [7, 11) is 0. The Morgan fingerprint density at radius 1 is 1.42 bits per heavy atom. The Labute approximate surface area is 86.0 Å². The molecule has 0 fully saturated rings. The number of alkyl halides is 1. The molecule has 0 saturated heterocycles. The summed E-state index contributed by atoms with van der Waals surface area (Å²) in [6.45, 7) is 5.11. The topological polar surface area (TPSA) is 43.4 Å². The van der Waals surface area contributed by atoms with Gasteiger partial charge in [0.2, 0.25) is 0 Å². The SMILES string of the molecule is CC(=O)OCC(=O)CC(C)(C)I. The van der Waals surface area contributed by atoms with E-state index in [4.69, 9.17) is 0 Å². The van der Waals surface area contributed by atoms with Crippen LogP contribution in [0.2, 0.25) is 0 Å². The maximum atomic E-state index is 11.1. The van der Waals surface area contributed by atoms with Crippen LogP contribution in [0.25, 0.3) is 0 Å². The number of hydrogen-bond acceptors (Lipinski definition) is 3. The normalized spacial score (nSPS) is 11.0. The van der Waals surface area contributed by atoms with E-state index in [-0.39, 0.29) is 15.8 Å². The van der Waals surface area contributed by atoms with E-state index in [0.29, 0.717) is 6.42 Å². The lowest BCUT2D eigenvalue weighted by Gasteiger charge is -2.14. The second-order valence-corrected chi connectivity index (χ2v) is 6.13. The number of hydrogen-bond donors (Lipinski definition) is 0. The molecule has 0 spiro atoms. The Bertz CT molecular complexity index is 181. The van der Waals surface area contributed by atoms with Crippen molar-refractivity contribution < 1.29 is 14.3 Å². The molecule has 0 aromatic rings. The van der Waals surface area contributed by atoms with Crippen molar-refractivity contribution in [2.75, 3.05) is 6.61 Å². The summed E-state index contributed by atoms with van der Waals surface area (Å²) in [4.78, 5) is 21.4. The van der Waals surface area contributed by atoms with Gasteiger partial charge in [-0.1, -0.05) is 36.4 Å². The van der Waals surface area contributed by atoms with Gasteiger partial charge in [0.15, 0.2) is 5.78 Å². The van der Waals surface area contributed by atoms with Crippen LogP contribution in [0.1, 0.15) is 27.2 Å². The predicted molar refractivity (Wildman–Crippen MR) is 54.4 cm³/mol. The molecule has 0 atom stereocenters. The van der Waals surface area contributed by atoms with Gasteiger partial charge in [-0.3, -0.25) is 9.59 Å². The highest BCUT2D eigenvalue weighted by Crippen LogP contribution is 2.21. The Morgan fingerprint density at radius 3 is 2.25 bits per heavy atom. The fraction of sp³-hybridized carbons (Fsp3) is 0.750. The number of Topliss-reactive ketones (excluding diaryl/α,β-unsaturated/α-hetero) is 1. The van der Waals surface area contributed by atoms with Crippen LogP contribution in [0.3, 0.4) is 0 Å². The molecular weight excluding hydrogens is 271 g/mol. The lowest BCUT2D eigenvalue weighted by Crippen LogP contribution is -2.20. The van der Waals surface area contributed by atoms with Crippen molar-refractivity contribution in [1.82, 2.24) is 0 Å². The molecule has 4 heteroatoms. The van der Waals surface area contributed by atoms with Crippen LogP contribution >= 0.6 is 22.6 Å². The lowest BCUT2D eigenvalue weighted by molar-refractivity contribution is -0.145. The molecule has 0 amide bonds. The first-order valence-corrected chi connectivity index (χ1v) is 4.73. The van der Waals surface area contributed by atoms with Gasteiger partial charge in [0, 0.05) is 16.8 Å². The first-order chi connectivity index (χ1) is 5.31. The van der Waals surface area contributed by atoms with E-state index >= 15 is 0 Å². The molecule has 0 N–H and O–H groups in total. The molecule has 0 saturated carbocycles. The van der Waals surface area contributed by atoms with Gasteiger partial charge in [-0.05, 0) is 0 Å². The first-order valence-electron chi connectivity index (χ1n) is 3.65. The number of halogens is 1. The summed E-state index contributed by atoms with van der Waals surface area (Å²) in [6, 6.07) is 0. The van der Waals surface area contributed by atoms with Crippen LogP contribution < -0.4 is 0 Å². The summed E-state index contributed by atoms with van der Waals surface area (Å²) in [5.41, 5.74) is 0. The van der Waals surface area contributed by atoms with Crippen LogP contribution in [0.4, 0.5) is 0 Å². The number of ether oxygens (including phenoxy) is 1. The van der Waals surface area contributed by atoms with E-state index < -0.39 is 5.97 Å². The Kier molecular flexibility index (Phi) is 4.74. The minimum absolute atomic E-state index is 0.0374. The number of esters is 1. The highest BCUT2D eigenvalue weighted by atomic mass is 127. The van der Waals surface area contributed by atoms with Crippen molar-refractivity contribution in [2.24, 2.45) is 0 Å². The number of carbonyl (C=O) groups excluding carboxylic acids is 2. The molecule has 0 aliphatic rings. The molecule has 0 aromatic carbocycles. The van der Waals surface area contributed by atoms with Crippen LogP contribution in [-0.2, 0) is 14.3 Å². The fourth-order valence-corrected chi connectivity index (χ4v) is 1.13. The van der Waals surface area contributed by atoms with Gasteiger partial charge < -0.3 is 4.74 Å². The number of rotatable bonds is 4. The van der Waals surface area contributed by atoms with Gasteiger partial charge in [-0.2, -0.15) is 0 Å². The van der Waals surface area contributed by atoms with Gasteiger partial charge in [0.05, 0.1) is 0 Å². The first kappa shape index (κ1) is 11.9. The molecule has 12 heavy (non-hydrogen) atoms. The zero-order chi connectivity index (χ0) is 9.78. The molecule has 3 nitrogen and oxygen atoms in total. The third kappa shape index (κ3) is 7.97. The molecule has 0 aromatic heterocycles. The quantitative estimate of drug-likeness (QED) is 0.448. The van der Waals surface area contributed by atoms with Crippen molar-refractivity contribution in [2.45, 2.75) is 30.6 Å². The Hall–Kier alpha value is -0.130. The largest absolute Gasteiger partial charge is 0.458 e. The third-order valence-electron chi connectivity index (χ3n) is 1.05. The van der Waals surface area contributed by atoms with Gasteiger partial charge in [-0.15, -0.1) is 0 Å². The second-order valence-electron chi connectivity index (χ2n) is 3.21. The molecule has 0 radical (unpaired) electrons. The van der Waals surface area contributed by atoms with E-state index in [1.54, 1.807) is 0 Å². The number of ketones is 1. The average molecular weight is 284 g/mol. The van der Waals surface area contributed by atoms with Crippen molar-refractivity contribution >= 4 is 34.3 Å². The van der Waals surface area contributed by atoms with Gasteiger partial charge in [0.1, 0.15) is 6.61 Å². The van der Waals surface area contributed by atoms with E-state index in [0.717, 1.165) is 0 Å². The zero-order valence-corrected chi connectivity index (χ0v) is 9.67. The standard InChI is InChI=1S/C8H13IO3/c1-6(10)12-5-7(11)4-8(2,3)9/h4-5H2,1-3H3. The Morgan fingerprint density at radius 2 is 1.92 bits per heavy atom. The van der Waals surface area contributed by atoms with Gasteiger partial charge in [0.25, 0.3) is 0 Å². The highest BCUT2D eigenvalue weighted by Gasteiger charge is 2.18. The zero-order valence-electron chi connectivity index (χ0n) is 7.52. The average Bonchev–Trinajstić information content (AvgIpc) is 1.79. The molecule has 0 unspecified atom stereocenters. The lowest BCUT2D eigenvalue weighted by atomic mass is 10.1. The van der Waals surface area contributed by atoms with Crippen LogP contribution in [-0.4, -0.2) is 21.8 Å². The third-order valence-corrected chi connectivity index (χ3v) is 1.44. The maximum absolute atomic E-state index is 11.1.